The van der Waals surface area contributed by atoms with E-state index in [-0.39, 0.29) is 25.3 Å². The lowest BCUT2D eigenvalue weighted by molar-refractivity contribution is -0.136. The summed E-state index contributed by atoms with van der Waals surface area (Å²) in [7, 11) is 0. The molecule has 0 fully saturated rings. The van der Waals surface area contributed by atoms with Gasteiger partial charge in [0.25, 0.3) is 0 Å². The number of halogens is 3. The Morgan fingerprint density at radius 2 is 2.05 bits per heavy atom. The van der Waals surface area contributed by atoms with Crippen molar-refractivity contribution in [1.82, 2.24) is 5.32 Å². The molecule has 0 saturated carbocycles. The predicted molar refractivity (Wildman–Crippen MR) is 67.5 cm³/mol. The number of carbonyl (C=O) groups excluding carboxylic acids is 1. The lowest BCUT2D eigenvalue weighted by Gasteiger charge is -2.07. The fraction of sp³-hybridized carbons (Fsp3) is 0.462. The molecule has 19 heavy (non-hydrogen) atoms. The Hall–Kier alpha value is -1.72. The molecule has 1 amide bonds. The molecule has 106 valence electrons. The molecular formula is C13H17F3N2O. The van der Waals surface area contributed by atoms with Crippen molar-refractivity contribution in [2.75, 3.05) is 12.3 Å². The van der Waals surface area contributed by atoms with Crippen LogP contribution in [0, 0.1) is 0 Å². The van der Waals surface area contributed by atoms with E-state index in [1.54, 1.807) is 18.2 Å². The highest BCUT2D eigenvalue weighted by atomic mass is 19.4. The molecule has 1 rings (SSSR count). The van der Waals surface area contributed by atoms with Gasteiger partial charge in [-0.1, -0.05) is 12.1 Å². The van der Waals surface area contributed by atoms with E-state index in [0.29, 0.717) is 12.1 Å². The number of nitrogen functional groups attached to an aromatic ring is 1. The smallest absolute Gasteiger partial charge is 0.389 e. The molecule has 0 aliphatic carbocycles. The van der Waals surface area contributed by atoms with Crippen molar-refractivity contribution in [2.24, 2.45) is 0 Å². The quantitative estimate of drug-likeness (QED) is 0.619. The molecule has 0 aliphatic rings. The standard InChI is InChI=1S/C13H17F3N2O/c14-13(15,16)7-2-8-18-12(19)6-5-10-3-1-4-11(17)9-10/h1,3-4,9H,2,5-8,17H2,(H,18,19). The van der Waals surface area contributed by atoms with Crippen LogP contribution in [0.3, 0.4) is 0 Å². The van der Waals surface area contributed by atoms with Crippen molar-refractivity contribution in [3.05, 3.63) is 29.8 Å². The van der Waals surface area contributed by atoms with Crippen LogP contribution >= 0.6 is 0 Å². The van der Waals surface area contributed by atoms with Crippen LogP contribution in [-0.2, 0) is 11.2 Å². The molecule has 0 radical (unpaired) electrons. The van der Waals surface area contributed by atoms with Gasteiger partial charge in [0.15, 0.2) is 0 Å². The number of nitrogens with two attached hydrogens (primary N) is 1. The minimum absolute atomic E-state index is 0.0509. The Balaban J connectivity index is 2.18. The summed E-state index contributed by atoms with van der Waals surface area (Å²) in [6.45, 7) is 0.0509. The molecule has 1 aromatic rings. The molecule has 3 nitrogen and oxygen atoms in total. The highest BCUT2D eigenvalue weighted by Gasteiger charge is 2.25. The summed E-state index contributed by atoms with van der Waals surface area (Å²) in [5, 5.41) is 2.47. The lowest BCUT2D eigenvalue weighted by Crippen LogP contribution is -2.25. The number of nitrogens with one attached hydrogen (secondary N) is 1. The van der Waals surface area contributed by atoms with E-state index in [1.807, 2.05) is 6.07 Å². The van der Waals surface area contributed by atoms with Gasteiger partial charge in [-0.25, -0.2) is 0 Å². The molecule has 0 atom stereocenters. The van der Waals surface area contributed by atoms with Gasteiger partial charge in [-0.2, -0.15) is 13.2 Å². The Bertz CT molecular complexity index is 419. The Kier molecular flexibility index (Phi) is 5.66. The number of aryl methyl sites for hydroxylation is 1. The van der Waals surface area contributed by atoms with Gasteiger partial charge in [0.1, 0.15) is 0 Å². The topological polar surface area (TPSA) is 55.1 Å². The van der Waals surface area contributed by atoms with E-state index in [4.69, 9.17) is 5.73 Å². The van der Waals surface area contributed by atoms with Crippen molar-refractivity contribution in [3.63, 3.8) is 0 Å². The fourth-order valence-electron chi connectivity index (χ4n) is 1.61. The molecule has 0 unspecified atom stereocenters. The van der Waals surface area contributed by atoms with E-state index in [1.165, 1.54) is 0 Å². The zero-order valence-electron chi connectivity index (χ0n) is 10.5. The first-order valence-electron chi connectivity index (χ1n) is 6.05. The summed E-state index contributed by atoms with van der Waals surface area (Å²) in [6, 6.07) is 7.18. The first-order chi connectivity index (χ1) is 8.87. The molecule has 3 N–H and O–H groups in total. The third kappa shape index (κ3) is 7.33. The summed E-state index contributed by atoms with van der Waals surface area (Å²) >= 11 is 0. The molecule has 0 spiro atoms. The number of carbonyl (C=O) groups is 1. The highest BCUT2D eigenvalue weighted by Crippen LogP contribution is 2.20. The molecule has 0 heterocycles. The van der Waals surface area contributed by atoms with Gasteiger partial charge >= 0.3 is 6.18 Å². The maximum Gasteiger partial charge on any atom is 0.389 e. The van der Waals surface area contributed by atoms with Gasteiger partial charge in [0.2, 0.25) is 5.91 Å². The van der Waals surface area contributed by atoms with Gasteiger partial charge in [0, 0.05) is 25.1 Å². The molecule has 6 heteroatoms. The van der Waals surface area contributed by atoms with Crippen molar-refractivity contribution in [2.45, 2.75) is 31.9 Å². The number of anilines is 1. The fourth-order valence-corrected chi connectivity index (χ4v) is 1.61. The Labute approximate surface area is 110 Å². The van der Waals surface area contributed by atoms with Crippen LogP contribution in [0.15, 0.2) is 24.3 Å². The van der Waals surface area contributed by atoms with E-state index in [9.17, 15) is 18.0 Å². The van der Waals surface area contributed by atoms with E-state index in [0.717, 1.165) is 5.56 Å². The SMILES string of the molecule is Nc1cccc(CCC(=O)NCCCC(F)(F)F)c1. The second-order valence-corrected chi connectivity index (χ2v) is 4.31. The summed E-state index contributed by atoms with van der Waals surface area (Å²) in [5.41, 5.74) is 7.16. The highest BCUT2D eigenvalue weighted by molar-refractivity contribution is 5.76. The van der Waals surface area contributed by atoms with Gasteiger partial charge in [-0.05, 0) is 30.5 Å². The van der Waals surface area contributed by atoms with Crippen LogP contribution in [0.2, 0.25) is 0 Å². The third-order valence-electron chi connectivity index (χ3n) is 2.55. The lowest BCUT2D eigenvalue weighted by atomic mass is 10.1. The Morgan fingerprint density at radius 1 is 1.32 bits per heavy atom. The minimum atomic E-state index is -4.16. The van der Waals surface area contributed by atoms with Crippen LogP contribution < -0.4 is 11.1 Å². The van der Waals surface area contributed by atoms with Crippen LogP contribution in [0.5, 0.6) is 0 Å². The Morgan fingerprint density at radius 3 is 2.68 bits per heavy atom. The van der Waals surface area contributed by atoms with Crippen LogP contribution in [0.4, 0.5) is 18.9 Å². The molecule has 1 aromatic carbocycles. The first-order valence-corrected chi connectivity index (χ1v) is 6.05. The summed E-state index contributed by atoms with van der Waals surface area (Å²) in [6.07, 6.45) is -4.35. The largest absolute Gasteiger partial charge is 0.399 e. The minimum Gasteiger partial charge on any atom is -0.399 e. The maximum atomic E-state index is 11.9. The average molecular weight is 274 g/mol. The zero-order valence-corrected chi connectivity index (χ0v) is 10.5. The van der Waals surface area contributed by atoms with Crippen molar-refractivity contribution in [3.8, 4) is 0 Å². The monoisotopic (exact) mass is 274 g/mol. The molecule has 0 aliphatic heterocycles. The van der Waals surface area contributed by atoms with E-state index >= 15 is 0 Å². The van der Waals surface area contributed by atoms with E-state index in [2.05, 4.69) is 5.32 Å². The summed E-state index contributed by atoms with van der Waals surface area (Å²) in [5.74, 6) is -0.246. The summed E-state index contributed by atoms with van der Waals surface area (Å²) in [4.78, 5) is 11.4. The first kappa shape index (κ1) is 15.3. The number of hydrogen-bond donors (Lipinski definition) is 2. The van der Waals surface area contributed by atoms with Crippen molar-refractivity contribution >= 4 is 11.6 Å². The second-order valence-electron chi connectivity index (χ2n) is 4.31. The van der Waals surface area contributed by atoms with Gasteiger partial charge in [-0.3, -0.25) is 4.79 Å². The number of benzene rings is 1. The molecule has 0 bridgehead atoms. The van der Waals surface area contributed by atoms with Crippen molar-refractivity contribution < 1.29 is 18.0 Å². The summed E-state index contributed by atoms with van der Waals surface area (Å²) < 4.78 is 35.6. The van der Waals surface area contributed by atoms with E-state index < -0.39 is 12.6 Å². The van der Waals surface area contributed by atoms with Crippen LogP contribution in [0.1, 0.15) is 24.8 Å². The van der Waals surface area contributed by atoms with Crippen molar-refractivity contribution in [1.29, 1.82) is 0 Å². The second kappa shape index (κ2) is 7.01. The van der Waals surface area contributed by atoms with Gasteiger partial charge < -0.3 is 11.1 Å². The average Bonchev–Trinajstić information content (AvgIpc) is 2.31. The van der Waals surface area contributed by atoms with Crippen LogP contribution in [0.25, 0.3) is 0 Å². The molecule has 0 aromatic heterocycles. The third-order valence-corrected chi connectivity index (χ3v) is 2.55. The number of hydrogen-bond acceptors (Lipinski definition) is 2. The van der Waals surface area contributed by atoms with Gasteiger partial charge in [-0.15, -0.1) is 0 Å². The molecular weight excluding hydrogens is 257 g/mol. The maximum absolute atomic E-state index is 11.9. The van der Waals surface area contributed by atoms with Gasteiger partial charge in [0.05, 0.1) is 0 Å². The van der Waals surface area contributed by atoms with Crippen LogP contribution in [-0.4, -0.2) is 18.6 Å². The molecule has 0 saturated heterocycles. The number of alkyl halides is 3. The predicted octanol–water partition coefficient (Wildman–Crippen LogP) is 2.66. The number of rotatable bonds is 6. The number of amides is 1. The zero-order chi connectivity index (χ0) is 14.3. The normalized spacial score (nSPS) is 11.3.